The van der Waals surface area contributed by atoms with Crippen molar-refractivity contribution >= 4 is 11.9 Å². The van der Waals surface area contributed by atoms with E-state index in [1.165, 1.54) is 5.56 Å². The number of aromatic nitrogens is 2. The van der Waals surface area contributed by atoms with E-state index in [0.717, 1.165) is 38.0 Å². The van der Waals surface area contributed by atoms with Gasteiger partial charge in [-0.3, -0.25) is 9.69 Å². The molecule has 1 saturated heterocycles. The van der Waals surface area contributed by atoms with Crippen LogP contribution in [0.4, 0.5) is 5.95 Å². The van der Waals surface area contributed by atoms with Crippen LogP contribution in [0.2, 0.25) is 0 Å². The van der Waals surface area contributed by atoms with Crippen molar-refractivity contribution in [2.75, 3.05) is 18.4 Å². The van der Waals surface area contributed by atoms with E-state index in [0.29, 0.717) is 12.5 Å². The van der Waals surface area contributed by atoms with Crippen LogP contribution in [-0.4, -0.2) is 33.9 Å². The third-order valence-electron chi connectivity index (χ3n) is 4.31. The summed E-state index contributed by atoms with van der Waals surface area (Å²) in [5.41, 5.74) is 7.66. The maximum absolute atomic E-state index is 11.3. The van der Waals surface area contributed by atoms with Gasteiger partial charge in [0.1, 0.15) is 0 Å². The van der Waals surface area contributed by atoms with Crippen molar-refractivity contribution in [2.45, 2.75) is 25.9 Å². The molecule has 1 aromatic carbocycles. The molecule has 1 amide bonds. The summed E-state index contributed by atoms with van der Waals surface area (Å²) in [6, 6.07) is 10.1. The number of nitrogens with one attached hydrogen (secondary N) is 1. The first-order chi connectivity index (χ1) is 11.7. The minimum atomic E-state index is -0.198. The number of primary amides is 1. The van der Waals surface area contributed by atoms with E-state index in [1.807, 2.05) is 30.6 Å². The van der Waals surface area contributed by atoms with E-state index in [-0.39, 0.29) is 11.8 Å². The fourth-order valence-electron chi connectivity index (χ4n) is 2.99. The van der Waals surface area contributed by atoms with Crippen molar-refractivity contribution in [3.05, 3.63) is 53.9 Å². The molecule has 1 unspecified atom stereocenters. The molecular weight excluding hydrogens is 302 g/mol. The highest BCUT2D eigenvalue weighted by Gasteiger charge is 2.23. The monoisotopic (exact) mass is 325 g/mol. The number of piperidine rings is 1. The first-order valence-corrected chi connectivity index (χ1v) is 8.31. The molecule has 0 aliphatic carbocycles. The van der Waals surface area contributed by atoms with Crippen LogP contribution in [0.25, 0.3) is 0 Å². The Morgan fingerprint density at radius 3 is 2.67 bits per heavy atom. The lowest BCUT2D eigenvalue weighted by Crippen LogP contribution is -2.40. The number of nitrogens with zero attached hydrogens (tertiary/aromatic N) is 3. The number of hydrogen-bond donors (Lipinski definition) is 2. The van der Waals surface area contributed by atoms with Gasteiger partial charge in [0, 0.05) is 37.6 Å². The van der Waals surface area contributed by atoms with E-state index in [4.69, 9.17) is 5.73 Å². The fourth-order valence-corrected chi connectivity index (χ4v) is 2.99. The van der Waals surface area contributed by atoms with Crippen LogP contribution in [0.1, 0.15) is 24.0 Å². The highest BCUT2D eigenvalue weighted by Crippen LogP contribution is 2.18. The molecule has 0 bridgehead atoms. The summed E-state index contributed by atoms with van der Waals surface area (Å²) >= 11 is 0. The first kappa shape index (κ1) is 16.4. The highest BCUT2D eigenvalue weighted by molar-refractivity contribution is 5.76. The van der Waals surface area contributed by atoms with E-state index < -0.39 is 0 Å². The summed E-state index contributed by atoms with van der Waals surface area (Å²) in [6.45, 7) is 3.16. The zero-order valence-electron chi connectivity index (χ0n) is 13.7. The molecule has 0 radical (unpaired) electrons. The maximum atomic E-state index is 11.3. The Morgan fingerprint density at radius 2 is 1.96 bits per heavy atom. The van der Waals surface area contributed by atoms with Crippen LogP contribution in [0, 0.1) is 5.92 Å². The van der Waals surface area contributed by atoms with Crippen molar-refractivity contribution < 1.29 is 4.79 Å². The molecule has 3 N–H and O–H groups in total. The number of anilines is 1. The van der Waals surface area contributed by atoms with Crippen LogP contribution in [0.3, 0.4) is 0 Å². The number of carbonyl (C=O) groups excluding carboxylic acids is 1. The molecule has 1 atom stereocenters. The molecule has 0 saturated carbocycles. The maximum Gasteiger partial charge on any atom is 0.222 e. The molecule has 24 heavy (non-hydrogen) atoms. The number of hydrogen-bond acceptors (Lipinski definition) is 5. The van der Waals surface area contributed by atoms with E-state index in [9.17, 15) is 4.79 Å². The third-order valence-corrected chi connectivity index (χ3v) is 4.31. The Bertz CT molecular complexity index is 659. The van der Waals surface area contributed by atoms with E-state index in [1.54, 1.807) is 0 Å². The van der Waals surface area contributed by atoms with Gasteiger partial charge in [-0.15, -0.1) is 0 Å². The number of amides is 1. The number of carbonyl (C=O) groups is 1. The third kappa shape index (κ3) is 4.52. The zero-order chi connectivity index (χ0) is 16.8. The highest BCUT2D eigenvalue weighted by atomic mass is 16.1. The molecule has 1 aromatic heterocycles. The zero-order valence-corrected chi connectivity index (χ0v) is 13.7. The normalized spacial score (nSPS) is 18.2. The molecule has 2 aromatic rings. The van der Waals surface area contributed by atoms with Crippen LogP contribution in [-0.2, 0) is 17.9 Å². The molecule has 6 heteroatoms. The van der Waals surface area contributed by atoms with Gasteiger partial charge in [0.05, 0.1) is 5.92 Å². The summed E-state index contributed by atoms with van der Waals surface area (Å²) in [5, 5.41) is 3.22. The second-order valence-corrected chi connectivity index (χ2v) is 6.23. The number of rotatable bonds is 6. The number of nitrogens with two attached hydrogens (primary N) is 1. The Labute approximate surface area is 142 Å². The van der Waals surface area contributed by atoms with Gasteiger partial charge < -0.3 is 11.1 Å². The van der Waals surface area contributed by atoms with Gasteiger partial charge >= 0.3 is 0 Å². The Kier molecular flexibility index (Phi) is 5.38. The second-order valence-electron chi connectivity index (χ2n) is 6.23. The number of benzene rings is 1. The van der Waals surface area contributed by atoms with Gasteiger partial charge in [-0.1, -0.05) is 30.3 Å². The smallest absolute Gasteiger partial charge is 0.222 e. The average Bonchev–Trinajstić information content (AvgIpc) is 2.62. The lowest BCUT2D eigenvalue weighted by Gasteiger charge is -2.30. The van der Waals surface area contributed by atoms with Gasteiger partial charge in [0.25, 0.3) is 0 Å². The summed E-state index contributed by atoms with van der Waals surface area (Å²) in [6.07, 6.45) is 5.58. The SMILES string of the molecule is NC(=O)C1CCCN(Cc2cnc(NCc3ccccc3)nc2)C1. The molecule has 1 fully saturated rings. The van der Waals surface area contributed by atoms with Gasteiger partial charge in [-0.25, -0.2) is 9.97 Å². The van der Waals surface area contributed by atoms with Gasteiger partial charge in [-0.2, -0.15) is 0 Å². The van der Waals surface area contributed by atoms with Crippen molar-refractivity contribution in [1.29, 1.82) is 0 Å². The van der Waals surface area contributed by atoms with Gasteiger partial charge in [-0.05, 0) is 24.9 Å². The lowest BCUT2D eigenvalue weighted by molar-refractivity contribution is -0.123. The molecule has 126 valence electrons. The molecule has 1 aliphatic heterocycles. The Balaban J connectivity index is 1.52. The Hall–Kier alpha value is -2.47. The molecule has 1 aliphatic rings. The molecular formula is C18H23N5O. The van der Waals surface area contributed by atoms with Crippen molar-refractivity contribution in [3.63, 3.8) is 0 Å². The fraction of sp³-hybridized carbons (Fsp3) is 0.389. The average molecular weight is 325 g/mol. The quantitative estimate of drug-likeness (QED) is 0.846. The van der Waals surface area contributed by atoms with Gasteiger partial charge in [0.2, 0.25) is 11.9 Å². The molecule has 3 rings (SSSR count). The van der Waals surface area contributed by atoms with Crippen LogP contribution in [0.5, 0.6) is 0 Å². The van der Waals surface area contributed by atoms with Crippen LogP contribution >= 0.6 is 0 Å². The summed E-state index contributed by atoms with van der Waals surface area (Å²) in [4.78, 5) is 22.3. The molecule has 6 nitrogen and oxygen atoms in total. The molecule has 0 spiro atoms. The van der Waals surface area contributed by atoms with Gasteiger partial charge in [0.15, 0.2) is 0 Å². The Morgan fingerprint density at radius 1 is 1.21 bits per heavy atom. The minimum Gasteiger partial charge on any atom is -0.369 e. The largest absolute Gasteiger partial charge is 0.369 e. The van der Waals surface area contributed by atoms with Crippen LogP contribution < -0.4 is 11.1 Å². The van der Waals surface area contributed by atoms with Crippen LogP contribution in [0.15, 0.2) is 42.7 Å². The van der Waals surface area contributed by atoms with Crippen molar-refractivity contribution in [3.8, 4) is 0 Å². The van der Waals surface area contributed by atoms with E-state index >= 15 is 0 Å². The topological polar surface area (TPSA) is 84.1 Å². The summed E-state index contributed by atoms with van der Waals surface area (Å²) in [7, 11) is 0. The number of likely N-dealkylation sites (tertiary alicyclic amines) is 1. The minimum absolute atomic E-state index is 0.0357. The molecule has 2 heterocycles. The van der Waals surface area contributed by atoms with Crippen molar-refractivity contribution in [1.82, 2.24) is 14.9 Å². The summed E-state index contributed by atoms with van der Waals surface area (Å²) < 4.78 is 0. The standard InChI is InChI=1S/C18H23N5O/c19-17(24)16-7-4-8-23(13-16)12-15-10-21-18(22-11-15)20-9-14-5-2-1-3-6-14/h1-3,5-6,10-11,16H,4,7-9,12-13H2,(H2,19,24)(H,20,21,22). The second kappa shape index (κ2) is 7.88. The predicted molar refractivity (Wildman–Crippen MR) is 93.0 cm³/mol. The first-order valence-electron chi connectivity index (χ1n) is 8.31. The summed E-state index contributed by atoms with van der Waals surface area (Å²) in [5.74, 6) is 0.388. The predicted octanol–water partition coefficient (Wildman–Crippen LogP) is 1.79. The van der Waals surface area contributed by atoms with E-state index in [2.05, 4.69) is 32.3 Å². The van der Waals surface area contributed by atoms with Crippen molar-refractivity contribution in [2.24, 2.45) is 11.7 Å². The lowest BCUT2D eigenvalue weighted by atomic mass is 9.97.